The van der Waals surface area contributed by atoms with Crippen molar-refractivity contribution in [1.82, 2.24) is 5.32 Å². The molecule has 2 rings (SSSR count). The number of benzene rings is 1. The van der Waals surface area contributed by atoms with Gasteiger partial charge in [-0.2, -0.15) is 0 Å². The maximum Gasteiger partial charge on any atom is 0.332 e. The van der Waals surface area contributed by atoms with Crippen molar-refractivity contribution >= 4 is 17.6 Å². The molecule has 1 N–H and O–H groups in total. The molecule has 1 fully saturated rings. The summed E-state index contributed by atoms with van der Waals surface area (Å²) in [5.41, 5.74) is 0.0223. The molecule has 1 heterocycles. The van der Waals surface area contributed by atoms with Gasteiger partial charge < -0.3 is 14.8 Å². The van der Waals surface area contributed by atoms with Gasteiger partial charge in [-0.05, 0) is 32.9 Å². The highest BCUT2D eigenvalue weighted by atomic mass is 16.6. The van der Waals surface area contributed by atoms with Crippen molar-refractivity contribution in [1.29, 1.82) is 0 Å². The first-order valence-corrected chi connectivity index (χ1v) is 8.75. The average molecular weight is 348 g/mol. The lowest BCUT2D eigenvalue weighted by Crippen LogP contribution is -2.59. The van der Waals surface area contributed by atoms with Crippen LogP contribution in [0.2, 0.25) is 0 Å². The van der Waals surface area contributed by atoms with E-state index in [2.05, 4.69) is 5.32 Å². The Morgan fingerprint density at radius 2 is 2.00 bits per heavy atom. The lowest BCUT2D eigenvalue weighted by atomic mass is 10.0. The summed E-state index contributed by atoms with van der Waals surface area (Å²) in [7, 11) is 0. The van der Waals surface area contributed by atoms with Crippen LogP contribution < -0.4 is 10.2 Å². The second-order valence-corrected chi connectivity index (χ2v) is 7.04. The van der Waals surface area contributed by atoms with Gasteiger partial charge in [0, 0.05) is 25.2 Å². The summed E-state index contributed by atoms with van der Waals surface area (Å²) in [6.45, 7) is 8.94. The van der Waals surface area contributed by atoms with Crippen LogP contribution in [-0.2, 0) is 19.1 Å². The maximum absolute atomic E-state index is 13.0. The van der Waals surface area contributed by atoms with E-state index in [1.54, 1.807) is 6.92 Å². The van der Waals surface area contributed by atoms with Gasteiger partial charge in [0.05, 0.1) is 6.61 Å². The third kappa shape index (κ3) is 5.28. The van der Waals surface area contributed by atoms with Crippen LogP contribution in [0, 0.1) is 0 Å². The van der Waals surface area contributed by atoms with E-state index < -0.39 is 23.7 Å². The SMILES string of the molecule is CCC(=O)N(c1ccccc1)C(C(=O)OC(C)(C)C)C1CNCCO1. The van der Waals surface area contributed by atoms with Gasteiger partial charge in [-0.15, -0.1) is 0 Å². The van der Waals surface area contributed by atoms with Crippen molar-refractivity contribution in [3.8, 4) is 0 Å². The lowest BCUT2D eigenvalue weighted by Gasteiger charge is -2.38. The summed E-state index contributed by atoms with van der Waals surface area (Å²) in [5, 5.41) is 3.23. The van der Waals surface area contributed by atoms with E-state index >= 15 is 0 Å². The fraction of sp³-hybridized carbons (Fsp3) is 0.579. The normalized spacial score (nSPS) is 19.1. The van der Waals surface area contributed by atoms with Crippen LogP contribution in [0.4, 0.5) is 5.69 Å². The Balaban J connectivity index is 2.41. The lowest BCUT2D eigenvalue weighted by molar-refractivity contribution is -0.162. The van der Waals surface area contributed by atoms with Crippen molar-refractivity contribution in [2.24, 2.45) is 0 Å². The van der Waals surface area contributed by atoms with E-state index in [-0.39, 0.29) is 12.3 Å². The third-order valence-electron chi connectivity index (χ3n) is 3.84. The molecule has 0 radical (unpaired) electrons. The number of hydrogen-bond acceptors (Lipinski definition) is 5. The standard InChI is InChI=1S/C19H28N2O4/c1-5-16(22)21(14-9-7-6-8-10-14)17(15-13-20-11-12-24-15)18(23)25-19(2,3)4/h6-10,15,17,20H,5,11-13H2,1-4H3. The zero-order chi connectivity index (χ0) is 18.4. The smallest absolute Gasteiger partial charge is 0.332 e. The van der Waals surface area contributed by atoms with Crippen molar-refractivity contribution in [2.75, 3.05) is 24.6 Å². The van der Waals surface area contributed by atoms with Gasteiger partial charge in [0.1, 0.15) is 11.7 Å². The number of nitrogens with one attached hydrogen (secondary N) is 1. The summed E-state index contributed by atoms with van der Waals surface area (Å²) in [4.78, 5) is 27.2. The van der Waals surface area contributed by atoms with Gasteiger partial charge in [0.15, 0.2) is 6.04 Å². The van der Waals surface area contributed by atoms with Crippen LogP contribution >= 0.6 is 0 Å². The number of rotatable bonds is 5. The molecule has 2 atom stereocenters. The van der Waals surface area contributed by atoms with Gasteiger partial charge in [-0.3, -0.25) is 9.69 Å². The molecule has 0 spiro atoms. The highest BCUT2D eigenvalue weighted by Gasteiger charge is 2.41. The van der Waals surface area contributed by atoms with E-state index in [4.69, 9.17) is 9.47 Å². The Bertz CT molecular complexity index is 577. The molecule has 1 aromatic carbocycles. The summed E-state index contributed by atoms with van der Waals surface area (Å²) in [6.07, 6.45) is -0.173. The van der Waals surface area contributed by atoms with Gasteiger partial charge in [0.25, 0.3) is 0 Å². The van der Waals surface area contributed by atoms with Gasteiger partial charge in [-0.25, -0.2) is 4.79 Å². The molecule has 6 nitrogen and oxygen atoms in total. The molecule has 0 bridgehead atoms. The number of nitrogens with zero attached hydrogens (tertiary/aromatic N) is 1. The van der Waals surface area contributed by atoms with E-state index in [0.717, 1.165) is 6.54 Å². The molecule has 0 aromatic heterocycles. The van der Waals surface area contributed by atoms with Crippen LogP contribution in [0.15, 0.2) is 30.3 Å². The monoisotopic (exact) mass is 348 g/mol. The molecule has 0 saturated carbocycles. The van der Waals surface area contributed by atoms with Crippen LogP contribution in [0.3, 0.4) is 0 Å². The average Bonchev–Trinajstić information content (AvgIpc) is 2.58. The Morgan fingerprint density at radius 3 is 2.52 bits per heavy atom. The Kier molecular flexibility index (Phi) is 6.56. The number of morpholine rings is 1. The van der Waals surface area contributed by atoms with Crippen molar-refractivity contribution < 1.29 is 19.1 Å². The summed E-state index contributed by atoms with van der Waals surface area (Å²) in [5.74, 6) is -0.594. The zero-order valence-electron chi connectivity index (χ0n) is 15.5. The highest BCUT2D eigenvalue weighted by Crippen LogP contribution is 2.24. The van der Waals surface area contributed by atoms with Crippen molar-refractivity contribution in [3.63, 3.8) is 0 Å². The Morgan fingerprint density at radius 1 is 1.32 bits per heavy atom. The van der Waals surface area contributed by atoms with Crippen molar-refractivity contribution in [2.45, 2.75) is 51.9 Å². The number of hydrogen-bond donors (Lipinski definition) is 1. The molecule has 138 valence electrons. The minimum atomic E-state index is -0.832. The number of esters is 1. The third-order valence-corrected chi connectivity index (χ3v) is 3.84. The van der Waals surface area contributed by atoms with E-state index in [1.807, 2.05) is 51.1 Å². The summed E-state index contributed by atoms with van der Waals surface area (Å²) < 4.78 is 11.4. The number of carbonyl (C=O) groups excluding carboxylic acids is 2. The number of ether oxygens (including phenoxy) is 2. The number of anilines is 1. The maximum atomic E-state index is 13.0. The minimum Gasteiger partial charge on any atom is -0.458 e. The zero-order valence-corrected chi connectivity index (χ0v) is 15.5. The molecular weight excluding hydrogens is 320 g/mol. The molecule has 1 aromatic rings. The van der Waals surface area contributed by atoms with E-state index in [1.165, 1.54) is 4.90 Å². The molecule has 1 amide bonds. The van der Waals surface area contributed by atoms with Gasteiger partial charge >= 0.3 is 5.97 Å². The van der Waals surface area contributed by atoms with Gasteiger partial charge in [-0.1, -0.05) is 25.1 Å². The van der Waals surface area contributed by atoms with E-state index in [9.17, 15) is 9.59 Å². The topological polar surface area (TPSA) is 67.9 Å². The Labute approximate surface area is 149 Å². The van der Waals surface area contributed by atoms with Crippen LogP contribution in [0.25, 0.3) is 0 Å². The number of amides is 1. The molecule has 1 aliphatic heterocycles. The molecule has 1 aliphatic rings. The number of para-hydroxylation sites is 1. The molecule has 2 unspecified atom stereocenters. The van der Waals surface area contributed by atoms with E-state index in [0.29, 0.717) is 18.8 Å². The summed E-state index contributed by atoms with van der Waals surface area (Å²) in [6, 6.07) is 8.37. The minimum absolute atomic E-state index is 0.142. The molecule has 25 heavy (non-hydrogen) atoms. The predicted molar refractivity (Wildman–Crippen MR) is 96.5 cm³/mol. The molecule has 0 aliphatic carbocycles. The highest BCUT2D eigenvalue weighted by molar-refractivity contribution is 5.99. The fourth-order valence-corrected chi connectivity index (χ4v) is 2.79. The molecular formula is C19H28N2O4. The molecule has 1 saturated heterocycles. The number of carbonyl (C=O) groups is 2. The first kappa shape index (κ1) is 19.4. The largest absolute Gasteiger partial charge is 0.458 e. The van der Waals surface area contributed by atoms with Crippen LogP contribution in [-0.4, -0.2) is 49.3 Å². The second kappa shape index (κ2) is 8.45. The first-order valence-electron chi connectivity index (χ1n) is 8.75. The fourth-order valence-electron chi connectivity index (χ4n) is 2.79. The summed E-state index contributed by atoms with van der Waals surface area (Å²) >= 11 is 0. The quantitative estimate of drug-likeness (QED) is 0.826. The van der Waals surface area contributed by atoms with Crippen molar-refractivity contribution in [3.05, 3.63) is 30.3 Å². The molecule has 6 heteroatoms. The van der Waals surface area contributed by atoms with Crippen LogP contribution in [0.1, 0.15) is 34.1 Å². The second-order valence-electron chi connectivity index (χ2n) is 7.04. The predicted octanol–water partition coefficient (Wildman–Crippen LogP) is 2.13. The van der Waals surface area contributed by atoms with Gasteiger partial charge in [0.2, 0.25) is 5.91 Å². The Hall–Kier alpha value is -1.92. The van der Waals surface area contributed by atoms with Crippen LogP contribution in [0.5, 0.6) is 0 Å². The first-order chi connectivity index (χ1) is 11.8.